The van der Waals surface area contributed by atoms with E-state index in [-0.39, 0.29) is 11.7 Å². The highest BCUT2D eigenvalue weighted by atomic mass is 16.5. The zero-order valence-corrected chi connectivity index (χ0v) is 8.18. The highest BCUT2D eigenvalue weighted by Crippen LogP contribution is 2.35. The van der Waals surface area contributed by atoms with Crippen LogP contribution in [0.25, 0.3) is 0 Å². The molecule has 0 aromatic carbocycles. The van der Waals surface area contributed by atoms with Crippen molar-refractivity contribution < 1.29 is 9.84 Å². The molecule has 0 aromatic rings. The van der Waals surface area contributed by atoms with Gasteiger partial charge < -0.3 is 9.84 Å². The van der Waals surface area contributed by atoms with Gasteiger partial charge in [-0.05, 0) is 12.8 Å². The van der Waals surface area contributed by atoms with Crippen LogP contribution in [-0.4, -0.2) is 23.4 Å². The van der Waals surface area contributed by atoms with Crippen LogP contribution in [0.5, 0.6) is 0 Å². The van der Waals surface area contributed by atoms with E-state index < -0.39 is 0 Å². The van der Waals surface area contributed by atoms with Crippen LogP contribution >= 0.6 is 0 Å². The smallest absolute Gasteiger partial charge is 0.0959 e. The Bertz CT molecular complexity index is 124. The predicted octanol–water partition coefficient (Wildman–Crippen LogP) is 2.11. The number of hydrogen-bond donors (Lipinski definition) is 1. The van der Waals surface area contributed by atoms with Gasteiger partial charge in [-0.2, -0.15) is 0 Å². The van der Waals surface area contributed by atoms with Crippen LogP contribution in [0, 0.1) is 0 Å². The lowest BCUT2D eigenvalue weighted by Crippen LogP contribution is -2.52. The molecule has 1 heterocycles. The molecule has 0 aromatic heterocycles. The van der Waals surface area contributed by atoms with E-state index in [0.29, 0.717) is 0 Å². The second-order valence-electron chi connectivity index (χ2n) is 3.67. The standard InChI is InChI=1S/C10H20O2/c1-3-5-6-9(11)10(4-2)7-8-12-10/h9,11H,3-8H2,1-2H3. The second-order valence-corrected chi connectivity index (χ2v) is 3.67. The molecule has 1 aliphatic heterocycles. The number of aliphatic hydroxyl groups is 1. The van der Waals surface area contributed by atoms with Gasteiger partial charge in [0.05, 0.1) is 18.3 Å². The van der Waals surface area contributed by atoms with E-state index in [1.165, 1.54) is 0 Å². The normalized spacial score (nSPS) is 31.2. The van der Waals surface area contributed by atoms with Gasteiger partial charge in [-0.3, -0.25) is 0 Å². The van der Waals surface area contributed by atoms with Gasteiger partial charge in [-0.1, -0.05) is 26.7 Å². The molecule has 1 rings (SSSR count). The van der Waals surface area contributed by atoms with Gasteiger partial charge in [0.1, 0.15) is 0 Å². The molecule has 1 fully saturated rings. The summed E-state index contributed by atoms with van der Waals surface area (Å²) >= 11 is 0. The first kappa shape index (κ1) is 10.0. The van der Waals surface area contributed by atoms with Crippen molar-refractivity contribution >= 4 is 0 Å². The van der Waals surface area contributed by atoms with Crippen molar-refractivity contribution in [2.45, 2.75) is 57.7 Å². The summed E-state index contributed by atoms with van der Waals surface area (Å²) in [6, 6.07) is 0. The molecule has 2 atom stereocenters. The Morgan fingerprint density at radius 2 is 2.17 bits per heavy atom. The number of hydrogen-bond acceptors (Lipinski definition) is 2. The van der Waals surface area contributed by atoms with Gasteiger partial charge in [0.25, 0.3) is 0 Å². The summed E-state index contributed by atoms with van der Waals surface area (Å²) in [5.74, 6) is 0. The molecule has 2 heteroatoms. The summed E-state index contributed by atoms with van der Waals surface area (Å²) in [6.07, 6.45) is 4.89. The van der Waals surface area contributed by atoms with Crippen molar-refractivity contribution in [2.24, 2.45) is 0 Å². The first-order chi connectivity index (χ1) is 5.75. The lowest BCUT2D eigenvalue weighted by atomic mass is 9.83. The quantitative estimate of drug-likeness (QED) is 0.688. The van der Waals surface area contributed by atoms with Crippen LogP contribution in [0.15, 0.2) is 0 Å². The molecular weight excluding hydrogens is 152 g/mol. The molecule has 1 aliphatic rings. The molecule has 0 amide bonds. The fourth-order valence-electron chi connectivity index (χ4n) is 1.80. The topological polar surface area (TPSA) is 29.5 Å². The zero-order chi connectivity index (χ0) is 9.03. The number of unbranched alkanes of at least 4 members (excludes halogenated alkanes) is 1. The minimum atomic E-state index is -0.240. The summed E-state index contributed by atoms with van der Waals surface area (Å²) in [4.78, 5) is 0. The third kappa shape index (κ3) is 1.80. The Hall–Kier alpha value is -0.0800. The molecule has 72 valence electrons. The fraction of sp³-hybridized carbons (Fsp3) is 1.00. The van der Waals surface area contributed by atoms with Gasteiger partial charge in [-0.15, -0.1) is 0 Å². The fourth-order valence-corrected chi connectivity index (χ4v) is 1.80. The van der Waals surface area contributed by atoms with E-state index in [0.717, 1.165) is 38.7 Å². The van der Waals surface area contributed by atoms with Gasteiger partial charge in [0.15, 0.2) is 0 Å². The zero-order valence-electron chi connectivity index (χ0n) is 8.18. The molecule has 0 spiro atoms. The monoisotopic (exact) mass is 172 g/mol. The molecule has 12 heavy (non-hydrogen) atoms. The minimum absolute atomic E-state index is 0.171. The molecule has 1 saturated heterocycles. The van der Waals surface area contributed by atoms with E-state index in [9.17, 15) is 5.11 Å². The largest absolute Gasteiger partial charge is 0.390 e. The summed E-state index contributed by atoms with van der Waals surface area (Å²) in [6.45, 7) is 5.07. The van der Waals surface area contributed by atoms with Crippen LogP contribution in [0.1, 0.15) is 46.0 Å². The molecule has 2 nitrogen and oxygen atoms in total. The first-order valence-electron chi connectivity index (χ1n) is 5.07. The Morgan fingerprint density at radius 1 is 1.50 bits per heavy atom. The molecule has 0 bridgehead atoms. The van der Waals surface area contributed by atoms with E-state index in [1.54, 1.807) is 0 Å². The summed E-state index contributed by atoms with van der Waals surface area (Å²) in [5.41, 5.74) is -0.171. The average Bonchev–Trinajstić information content (AvgIpc) is 2.00. The van der Waals surface area contributed by atoms with Crippen LogP contribution in [0.3, 0.4) is 0 Å². The van der Waals surface area contributed by atoms with Crippen molar-refractivity contribution in [2.75, 3.05) is 6.61 Å². The number of aliphatic hydroxyl groups excluding tert-OH is 1. The lowest BCUT2D eigenvalue weighted by Gasteiger charge is -2.45. The SMILES string of the molecule is CCCCC(O)C1(CC)CCO1. The van der Waals surface area contributed by atoms with Gasteiger partial charge >= 0.3 is 0 Å². The van der Waals surface area contributed by atoms with Crippen LogP contribution in [0.2, 0.25) is 0 Å². The maximum Gasteiger partial charge on any atom is 0.0959 e. The highest BCUT2D eigenvalue weighted by molar-refractivity contribution is 4.92. The molecular formula is C10H20O2. The Morgan fingerprint density at radius 3 is 2.50 bits per heavy atom. The van der Waals surface area contributed by atoms with Crippen molar-refractivity contribution in [3.8, 4) is 0 Å². The molecule has 0 aliphatic carbocycles. The Balaban J connectivity index is 2.32. The maximum atomic E-state index is 9.83. The van der Waals surface area contributed by atoms with Gasteiger partial charge in [0, 0.05) is 6.42 Å². The molecule has 1 N–H and O–H groups in total. The summed E-state index contributed by atoms with van der Waals surface area (Å²) in [5, 5.41) is 9.83. The highest BCUT2D eigenvalue weighted by Gasteiger charge is 2.42. The van der Waals surface area contributed by atoms with E-state index in [2.05, 4.69) is 13.8 Å². The van der Waals surface area contributed by atoms with Crippen molar-refractivity contribution in [3.05, 3.63) is 0 Å². The van der Waals surface area contributed by atoms with Crippen molar-refractivity contribution in [1.29, 1.82) is 0 Å². The molecule has 2 unspecified atom stereocenters. The summed E-state index contributed by atoms with van der Waals surface area (Å²) < 4.78 is 5.48. The Kier molecular flexibility index (Phi) is 3.53. The number of rotatable bonds is 5. The predicted molar refractivity (Wildman–Crippen MR) is 49.1 cm³/mol. The Labute approximate surface area is 74.9 Å². The third-order valence-corrected chi connectivity index (χ3v) is 2.95. The lowest BCUT2D eigenvalue weighted by molar-refractivity contribution is -0.207. The van der Waals surface area contributed by atoms with Crippen LogP contribution in [0.4, 0.5) is 0 Å². The van der Waals surface area contributed by atoms with Crippen molar-refractivity contribution in [1.82, 2.24) is 0 Å². The van der Waals surface area contributed by atoms with E-state index in [1.807, 2.05) is 0 Å². The molecule has 0 radical (unpaired) electrons. The van der Waals surface area contributed by atoms with E-state index in [4.69, 9.17) is 4.74 Å². The van der Waals surface area contributed by atoms with Crippen LogP contribution < -0.4 is 0 Å². The third-order valence-electron chi connectivity index (χ3n) is 2.95. The first-order valence-corrected chi connectivity index (χ1v) is 5.07. The van der Waals surface area contributed by atoms with Crippen molar-refractivity contribution in [3.63, 3.8) is 0 Å². The number of ether oxygens (including phenoxy) is 1. The second kappa shape index (κ2) is 4.24. The van der Waals surface area contributed by atoms with Crippen LogP contribution in [-0.2, 0) is 4.74 Å². The van der Waals surface area contributed by atoms with Gasteiger partial charge in [0.2, 0.25) is 0 Å². The minimum Gasteiger partial charge on any atom is -0.390 e. The van der Waals surface area contributed by atoms with Gasteiger partial charge in [-0.25, -0.2) is 0 Å². The average molecular weight is 172 g/mol. The molecule has 0 saturated carbocycles. The summed E-state index contributed by atoms with van der Waals surface area (Å²) in [7, 11) is 0. The maximum absolute atomic E-state index is 9.83. The van der Waals surface area contributed by atoms with E-state index >= 15 is 0 Å².